The van der Waals surface area contributed by atoms with Crippen molar-refractivity contribution in [1.29, 1.82) is 5.26 Å². The normalized spacial score (nSPS) is 12.9. The van der Waals surface area contributed by atoms with Crippen LogP contribution in [0.25, 0.3) is 11.3 Å². The summed E-state index contributed by atoms with van der Waals surface area (Å²) in [7, 11) is 0. The summed E-state index contributed by atoms with van der Waals surface area (Å²) >= 11 is 6.00. The monoisotopic (exact) mass is 366 g/mol. The van der Waals surface area contributed by atoms with Crippen molar-refractivity contribution in [2.45, 2.75) is 0 Å². The van der Waals surface area contributed by atoms with E-state index in [9.17, 15) is 9.65 Å². The molecule has 0 radical (unpaired) electrons. The first kappa shape index (κ1) is 16.3. The molecule has 0 saturated carbocycles. The molecule has 1 aliphatic heterocycles. The summed E-state index contributed by atoms with van der Waals surface area (Å²) in [6.45, 7) is 1.000. The van der Waals surface area contributed by atoms with E-state index in [-0.39, 0.29) is 0 Å². The molecular weight excluding hydrogens is 355 g/mol. The summed E-state index contributed by atoms with van der Waals surface area (Å²) in [6.07, 6.45) is 4.71. The Hall–Kier alpha value is -3.17. The number of halogens is 2. The largest absolute Gasteiger partial charge is 0.488 e. The third kappa shape index (κ3) is 2.83. The van der Waals surface area contributed by atoms with Gasteiger partial charge in [0.25, 0.3) is 0 Å². The second-order valence-electron chi connectivity index (χ2n) is 5.67. The van der Waals surface area contributed by atoms with Crippen LogP contribution in [0.15, 0.2) is 48.9 Å². The molecule has 0 spiro atoms. The van der Waals surface area contributed by atoms with Crippen molar-refractivity contribution >= 4 is 23.0 Å². The minimum Gasteiger partial charge on any atom is -0.488 e. The highest BCUT2D eigenvalue weighted by molar-refractivity contribution is 6.30. The van der Waals surface area contributed by atoms with Gasteiger partial charge in [-0.05, 0) is 30.3 Å². The Kier molecular flexibility index (Phi) is 4.15. The van der Waals surface area contributed by atoms with E-state index >= 15 is 0 Å². The molecule has 0 unspecified atom stereocenters. The van der Waals surface area contributed by atoms with Crippen molar-refractivity contribution in [1.82, 2.24) is 9.97 Å². The number of nitriles is 1. The van der Waals surface area contributed by atoms with Gasteiger partial charge in [-0.1, -0.05) is 11.6 Å². The van der Waals surface area contributed by atoms with Gasteiger partial charge in [0.05, 0.1) is 35.4 Å². The van der Waals surface area contributed by atoms with Crippen LogP contribution in [-0.4, -0.2) is 23.1 Å². The highest BCUT2D eigenvalue weighted by atomic mass is 35.5. The first-order valence-corrected chi connectivity index (χ1v) is 8.25. The van der Waals surface area contributed by atoms with Gasteiger partial charge in [-0.25, -0.2) is 4.39 Å². The van der Waals surface area contributed by atoms with Gasteiger partial charge in [0, 0.05) is 23.0 Å². The van der Waals surface area contributed by atoms with Crippen LogP contribution in [-0.2, 0) is 0 Å². The zero-order chi connectivity index (χ0) is 18.1. The average Bonchev–Trinajstić information content (AvgIpc) is 2.69. The zero-order valence-corrected chi connectivity index (χ0v) is 14.2. The standard InChI is InChI=1S/C19H12ClFN4O/c20-13-1-2-15(21)14(7-13)16-8-18-19(11-24-16)26-6-5-25(18)17-3-4-23-10-12(17)9-22/h1-4,7-8,10-11H,5-6H2. The Morgan fingerprint density at radius 1 is 1.19 bits per heavy atom. The molecule has 1 aliphatic rings. The minimum absolute atomic E-state index is 0.307. The van der Waals surface area contributed by atoms with Crippen LogP contribution < -0.4 is 9.64 Å². The Labute approximate surface area is 154 Å². The lowest BCUT2D eigenvalue weighted by molar-refractivity contribution is 0.313. The molecular formula is C19H12ClFN4O. The first-order chi connectivity index (χ1) is 12.7. The summed E-state index contributed by atoms with van der Waals surface area (Å²) in [5.74, 6) is 0.162. The molecule has 4 rings (SSSR count). The number of nitrogens with zero attached hydrogens (tertiary/aromatic N) is 4. The highest BCUT2D eigenvalue weighted by Crippen LogP contribution is 2.39. The minimum atomic E-state index is -0.410. The van der Waals surface area contributed by atoms with Crippen LogP contribution in [0, 0.1) is 17.1 Å². The van der Waals surface area contributed by atoms with Gasteiger partial charge < -0.3 is 9.64 Å². The lowest BCUT2D eigenvalue weighted by Crippen LogP contribution is -2.29. The van der Waals surface area contributed by atoms with E-state index < -0.39 is 5.82 Å². The van der Waals surface area contributed by atoms with Crippen molar-refractivity contribution in [2.75, 3.05) is 18.1 Å². The lowest BCUT2D eigenvalue weighted by atomic mass is 10.1. The van der Waals surface area contributed by atoms with E-state index in [1.165, 1.54) is 24.4 Å². The Balaban J connectivity index is 1.86. The molecule has 0 bridgehead atoms. The van der Waals surface area contributed by atoms with Gasteiger partial charge in [-0.2, -0.15) is 5.26 Å². The molecule has 128 valence electrons. The van der Waals surface area contributed by atoms with Gasteiger partial charge in [0.1, 0.15) is 18.5 Å². The molecule has 0 N–H and O–H groups in total. The Morgan fingerprint density at radius 3 is 2.92 bits per heavy atom. The van der Waals surface area contributed by atoms with Crippen molar-refractivity contribution in [3.05, 3.63) is 65.3 Å². The number of pyridine rings is 2. The summed E-state index contributed by atoms with van der Waals surface area (Å²) in [6, 6.07) is 10.00. The SMILES string of the molecule is N#Cc1cnccc1N1CCOc2cnc(-c3cc(Cl)ccc3F)cc21. The van der Waals surface area contributed by atoms with Gasteiger partial charge in [-0.15, -0.1) is 0 Å². The fourth-order valence-electron chi connectivity index (χ4n) is 2.92. The second-order valence-corrected chi connectivity index (χ2v) is 6.10. The van der Waals surface area contributed by atoms with Gasteiger partial charge in [0.15, 0.2) is 5.75 Å². The van der Waals surface area contributed by atoms with E-state index in [1.54, 1.807) is 24.5 Å². The summed E-state index contributed by atoms with van der Waals surface area (Å²) in [5, 5.41) is 9.80. The number of hydrogen-bond acceptors (Lipinski definition) is 5. The molecule has 0 aliphatic carbocycles. The van der Waals surface area contributed by atoms with Gasteiger partial charge in [-0.3, -0.25) is 9.97 Å². The van der Waals surface area contributed by atoms with Crippen LogP contribution in [0.4, 0.5) is 15.8 Å². The molecule has 3 heterocycles. The molecule has 2 aromatic heterocycles. The molecule has 0 fully saturated rings. The van der Waals surface area contributed by atoms with Crippen LogP contribution >= 0.6 is 11.6 Å². The van der Waals surface area contributed by atoms with E-state index in [2.05, 4.69) is 16.0 Å². The maximum absolute atomic E-state index is 14.2. The molecule has 7 heteroatoms. The summed E-state index contributed by atoms with van der Waals surface area (Å²) < 4.78 is 19.9. The molecule has 0 atom stereocenters. The summed E-state index contributed by atoms with van der Waals surface area (Å²) in [5.41, 5.74) is 2.62. The Morgan fingerprint density at radius 2 is 2.08 bits per heavy atom. The second kappa shape index (κ2) is 6.62. The first-order valence-electron chi connectivity index (χ1n) is 7.87. The van der Waals surface area contributed by atoms with Crippen LogP contribution in [0.1, 0.15) is 5.56 Å². The third-order valence-corrected chi connectivity index (χ3v) is 4.36. The van der Waals surface area contributed by atoms with Crippen molar-refractivity contribution in [3.8, 4) is 23.1 Å². The third-order valence-electron chi connectivity index (χ3n) is 4.12. The fraction of sp³-hybridized carbons (Fsp3) is 0.105. The lowest BCUT2D eigenvalue weighted by Gasteiger charge is -2.31. The maximum atomic E-state index is 14.2. The molecule has 0 amide bonds. The number of aromatic nitrogens is 2. The molecule has 26 heavy (non-hydrogen) atoms. The predicted octanol–water partition coefficient (Wildman–Crippen LogP) is 4.34. The number of hydrogen-bond donors (Lipinski definition) is 0. The average molecular weight is 367 g/mol. The van der Waals surface area contributed by atoms with Crippen LogP contribution in [0.3, 0.4) is 0 Å². The van der Waals surface area contributed by atoms with E-state index in [0.29, 0.717) is 46.4 Å². The van der Waals surface area contributed by atoms with E-state index in [4.69, 9.17) is 16.3 Å². The number of anilines is 2. The van der Waals surface area contributed by atoms with E-state index in [1.807, 2.05) is 4.90 Å². The Bertz CT molecular complexity index is 1030. The predicted molar refractivity (Wildman–Crippen MR) is 96.1 cm³/mol. The maximum Gasteiger partial charge on any atom is 0.161 e. The zero-order valence-electron chi connectivity index (χ0n) is 13.5. The number of rotatable bonds is 2. The smallest absolute Gasteiger partial charge is 0.161 e. The molecule has 5 nitrogen and oxygen atoms in total. The van der Waals surface area contributed by atoms with Gasteiger partial charge >= 0.3 is 0 Å². The fourth-order valence-corrected chi connectivity index (χ4v) is 3.09. The van der Waals surface area contributed by atoms with Crippen LogP contribution in [0.2, 0.25) is 5.02 Å². The number of ether oxygens (including phenoxy) is 1. The van der Waals surface area contributed by atoms with E-state index in [0.717, 1.165) is 5.69 Å². The van der Waals surface area contributed by atoms with Crippen LogP contribution in [0.5, 0.6) is 5.75 Å². The number of benzene rings is 1. The van der Waals surface area contributed by atoms with Crippen molar-refractivity contribution < 1.29 is 9.13 Å². The number of fused-ring (bicyclic) bond motifs is 1. The van der Waals surface area contributed by atoms with Gasteiger partial charge in [0.2, 0.25) is 0 Å². The highest BCUT2D eigenvalue weighted by Gasteiger charge is 2.23. The quantitative estimate of drug-likeness (QED) is 0.675. The molecule has 3 aromatic rings. The molecule has 1 aromatic carbocycles. The van der Waals surface area contributed by atoms with Crippen molar-refractivity contribution in [2.24, 2.45) is 0 Å². The topological polar surface area (TPSA) is 62.0 Å². The summed E-state index contributed by atoms with van der Waals surface area (Å²) in [4.78, 5) is 10.3. The van der Waals surface area contributed by atoms with Crippen molar-refractivity contribution in [3.63, 3.8) is 0 Å². The molecule has 0 saturated heterocycles.